The van der Waals surface area contributed by atoms with E-state index < -0.39 is 21.5 Å². The number of amides is 1. The number of hydrogen-bond acceptors (Lipinski definition) is 9. The molecule has 3 rings (SSSR count). The van der Waals surface area contributed by atoms with Crippen molar-refractivity contribution in [1.29, 1.82) is 0 Å². The highest BCUT2D eigenvalue weighted by atomic mass is 32.2. The molecule has 1 aliphatic heterocycles. The van der Waals surface area contributed by atoms with E-state index in [2.05, 4.69) is 20.6 Å². The zero-order valence-corrected chi connectivity index (χ0v) is 15.1. The average molecular weight is 398 g/mol. The number of hydroxylamine groups is 1. The summed E-state index contributed by atoms with van der Waals surface area (Å²) in [7, 11) is -4.01. The molecule has 1 atom stereocenters. The molecule has 1 amide bonds. The number of H-pyrrole nitrogens is 1. The Balaban J connectivity index is 1.80. The molecule has 146 valence electrons. The molecular weight excluding hydrogens is 380 g/mol. The van der Waals surface area contributed by atoms with Gasteiger partial charge >= 0.3 is 0 Å². The summed E-state index contributed by atoms with van der Waals surface area (Å²) < 4.78 is 37.7. The Kier molecular flexibility index (Phi) is 5.36. The van der Waals surface area contributed by atoms with Crippen LogP contribution in [0.1, 0.15) is 12.7 Å². The predicted molar refractivity (Wildman–Crippen MR) is 88.0 cm³/mol. The van der Waals surface area contributed by atoms with Crippen molar-refractivity contribution in [2.45, 2.75) is 24.0 Å². The highest BCUT2D eigenvalue weighted by Crippen LogP contribution is 2.29. The Morgan fingerprint density at radius 2 is 2.19 bits per heavy atom. The predicted octanol–water partition coefficient (Wildman–Crippen LogP) is -0.936. The molecule has 2 aromatic rings. The minimum atomic E-state index is -4.01. The van der Waals surface area contributed by atoms with Gasteiger partial charge in [0.15, 0.2) is 6.61 Å². The molecular formula is C14H18N6O6S. The van der Waals surface area contributed by atoms with Gasteiger partial charge in [-0.15, -0.1) is 10.2 Å². The third-order valence-electron chi connectivity index (χ3n) is 4.13. The number of ether oxygens (including phenoxy) is 2. The van der Waals surface area contributed by atoms with Crippen LogP contribution < -0.4 is 10.2 Å². The lowest BCUT2D eigenvalue weighted by atomic mass is 10.0. The van der Waals surface area contributed by atoms with Gasteiger partial charge < -0.3 is 9.47 Å². The maximum atomic E-state index is 13.0. The Hall–Kier alpha value is -2.61. The van der Waals surface area contributed by atoms with E-state index in [4.69, 9.17) is 14.7 Å². The van der Waals surface area contributed by atoms with Crippen LogP contribution in [-0.4, -0.2) is 69.8 Å². The van der Waals surface area contributed by atoms with Crippen LogP contribution in [0.5, 0.6) is 5.75 Å². The van der Waals surface area contributed by atoms with Crippen molar-refractivity contribution >= 4 is 15.9 Å². The fourth-order valence-corrected chi connectivity index (χ4v) is 4.36. The van der Waals surface area contributed by atoms with E-state index >= 15 is 0 Å². The monoisotopic (exact) mass is 398 g/mol. The molecule has 1 fully saturated rings. The topological polar surface area (TPSA) is 160 Å². The van der Waals surface area contributed by atoms with E-state index in [9.17, 15) is 13.2 Å². The van der Waals surface area contributed by atoms with Gasteiger partial charge in [-0.1, -0.05) is 5.21 Å². The van der Waals surface area contributed by atoms with Crippen LogP contribution in [0.15, 0.2) is 29.2 Å². The van der Waals surface area contributed by atoms with Gasteiger partial charge in [-0.25, -0.2) is 13.9 Å². The molecule has 2 heterocycles. The van der Waals surface area contributed by atoms with Gasteiger partial charge in [0.2, 0.25) is 15.8 Å². The minimum Gasteiger partial charge on any atom is -0.485 e. The number of nitrogens with one attached hydrogen (secondary N) is 2. The van der Waals surface area contributed by atoms with E-state index in [1.165, 1.54) is 36.7 Å². The van der Waals surface area contributed by atoms with Crippen molar-refractivity contribution in [3.63, 3.8) is 0 Å². The lowest BCUT2D eigenvalue weighted by molar-refractivity contribution is -0.146. The van der Waals surface area contributed by atoms with E-state index in [0.29, 0.717) is 11.6 Å². The summed E-state index contributed by atoms with van der Waals surface area (Å²) in [6.45, 7) is 1.39. The van der Waals surface area contributed by atoms with Gasteiger partial charge in [-0.2, -0.15) is 9.52 Å². The number of aromatic nitrogens is 4. The van der Waals surface area contributed by atoms with Crippen LogP contribution in [0.2, 0.25) is 0 Å². The van der Waals surface area contributed by atoms with Crippen molar-refractivity contribution in [3.8, 4) is 5.75 Å². The second-order valence-electron chi connectivity index (χ2n) is 5.93. The minimum absolute atomic E-state index is 0.0201. The van der Waals surface area contributed by atoms with Gasteiger partial charge in [0.1, 0.15) is 11.3 Å². The molecule has 0 saturated carbocycles. The summed E-state index contributed by atoms with van der Waals surface area (Å²) in [5.41, 5.74) is -0.0664. The Morgan fingerprint density at radius 3 is 2.81 bits per heavy atom. The molecule has 1 aliphatic rings. The van der Waals surface area contributed by atoms with Crippen LogP contribution in [0.25, 0.3) is 0 Å². The Labute approximate surface area is 154 Å². The van der Waals surface area contributed by atoms with Crippen LogP contribution in [0.3, 0.4) is 0 Å². The van der Waals surface area contributed by atoms with Crippen LogP contribution in [0.4, 0.5) is 0 Å². The number of tetrazole rings is 1. The maximum Gasteiger partial charge on any atom is 0.266 e. The Bertz CT molecular complexity index is 887. The highest BCUT2D eigenvalue weighted by molar-refractivity contribution is 7.89. The van der Waals surface area contributed by atoms with Crippen molar-refractivity contribution in [2.24, 2.45) is 0 Å². The number of carbonyl (C=O) groups is 1. The van der Waals surface area contributed by atoms with Crippen LogP contribution >= 0.6 is 0 Å². The first-order valence-electron chi connectivity index (χ1n) is 7.88. The summed E-state index contributed by atoms with van der Waals surface area (Å²) >= 11 is 0. The number of rotatable bonds is 6. The molecule has 0 radical (unpaired) electrons. The quantitative estimate of drug-likeness (QED) is 0.412. The third kappa shape index (κ3) is 3.75. The average Bonchev–Trinajstić information content (AvgIpc) is 3.20. The van der Waals surface area contributed by atoms with Crippen LogP contribution in [-0.2, 0) is 26.2 Å². The molecule has 0 unspecified atom stereocenters. The molecule has 3 N–H and O–H groups in total. The fourth-order valence-electron chi connectivity index (χ4n) is 2.65. The first kappa shape index (κ1) is 19.2. The van der Waals surface area contributed by atoms with Crippen molar-refractivity contribution in [2.75, 3.05) is 19.8 Å². The zero-order chi connectivity index (χ0) is 19.5. The normalized spacial score (nSPS) is 21.0. The number of aromatic amines is 1. The molecule has 1 saturated heterocycles. The van der Waals surface area contributed by atoms with Gasteiger partial charge in [-0.3, -0.25) is 10.0 Å². The number of sulfonamides is 1. The summed E-state index contributed by atoms with van der Waals surface area (Å²) in [5, 5.41) is 22.2. The zero-order valence-electron chi connectivity index (χ0n) is 14.3. The van der Waals surface area contributed by atoms with Gasteiger partial charge in [-0.05, 0) is 31.2 Å². The third-order valence-corrected chi connectivity index (χ3v) is 6.17. The van der Waals surface area contributed by atoms with E-state index in [1.54, 1.807) is 0 Å². The summed E-state index contributed by atoms with van der Waals surface area (Å²) in [6, 6.07) is 5.70. The number of carbonyl (C=O) groups excluding carboxylic acids is 1. The van der Waals surface area contributed by atoms with Gasteiger partial charge in [0, 0.05) is 6.54 Å². The largest absolute Gasteiger partial charge is 0.485 e. The summed E-state index contributed by atoms with van der Waals surface area (Å²) in [5.74, 6) is -0.103. The SMILES string of the molecule is C[C@]1(C(=O)NO)COCCN1S(=O)(=O)c1ccc(OCc2nn[nH]n2)cc1. The van der Waals surface area contributed by atoms with E-state index in [0.717, 1.165) is 4.31 Å². The van der Waals surface area contributed by atoms with E-state index in [1.807, 2.05) is 0 Å². The maximum absolute atomic E-state index is 13.0. The van der Waals surface area contributed by atoms with Crippen molar-refractivity contribution in [3.05, 3.63) is 30.1 Å². The second-order valence-corrected chi connectivity index (χ2v) is 7.79. The first-order valence-corrected chi connectivity index (χ1v) is 9.32. The Morgan fingerprint density at radius 1 is 1.44 bits per heavy atom. The van der Waals surface area contributed by atoms with Crippen LogP contribution in [0, 0.1) is 0 Å². The molecule has 0 bridgehead atoms. The fraction of sp³-hybridized carbons (Fsp3) is 0.429. The lowest BCUT2D eigenvalue weighted by Crippen LogP contribution is -2.64. The molecule has 1 aromatic carbocycles. The molecule has 12 nitrogen and oxygen atoms in total. The number of nitrogens with zero attached hydrogens (tertiary/aromatic N) is 4. The standard InChI is InChI=1S/C14H18N6O6S/c1-14(13(21)17-22)9-25-7-6-20(14)27(23,24)11-4-2-10(3-5-11)26-8-12-15-18-19-16-12/h2-5,22H,6-9H2,1H3,(H,17,21)(H,15,16,18,19)/t14-/m1/s1. The molecule has 0 aliphatic carbocycles. The number of benzene rings is 1. The first-order chi connectivity index (χ1) is 12.9. The molecule has 1 aromatic heterocycles. The lowest BCUT2D eigenvalue weighted by Gasteiger charge is -2.41. The second kappa shape index (κ2) is 7.56. The van der Waals surface area contributed by atoms with E-state index in [-0.39, 0.29) is 31.3 Å². The van der Waals surface area contributed by atoms with Gasteiger partial charge in [0.05, 0.1) is 18.1 Å². The number of hydrogen-bond donors (Lipinski definition) is 3. The molecule has 27 heavy (non-hydrogen) atoms. The smallest absolute Gasteiger partial charge is 0.266 e. The summed E-state index contributed by atoms with van der Waals surface area (Å²) in [6.07, 6.45) is 0. The highest BCUT2D eigenvalue weighted by Gasteiger charge is 2.48. The van der Waals surface area contributed by atoms with Crippen molar-refractivity contribution in [1.82, 2.24) is 30.4 Å². The summed E-state index contributed by atoms with van der Waals surface area (Å²) in [4.78, 5) is 12.0. The number of morpholine rings is 1. The molecule has 0 spiro atoms. The van der Waals surface area contributed by atoms with Gasteiger partial charge in [0.25, 0.3) is 5.91 Å². The molecule has 13 heteroatoms. The van der Waals surface area contributed by atoms with Crippen molar-refractivity contribution < 1.29 is 27.9 Å².